The van der Waals surface area contributed by atoms with Gasteiger partial charge in [0.05, 0.1) is 6.54 Å². The van der Waals surface area contributed by atoms with Crippen LogP contribution in [0.25, 0.3) is 11.1 Å². The van der Waals surface area contributed by atoms with E-state index in [-0.39, 0.29) is 30.5 Å². The first-order valence-corrected chi connectivity index (χ1v) is 11.5. The molecule has 2 N–H and O–H groups in total. The van der Waals surface area contributed by atoms with Crippen LogP contribution in [0, 0.1) is 0 Å². The molecular weight excluding hydrogens is 450 g/mol. The number of ether oxygens (including phenoxy) is 1. The van der Waals surface area contributed by atoms with Crippen LogP contribution < -0.4 is 5.32 Å². The van der Waals surface area contributed by atoms with Gasteiger partial charge in [0, 0.05) is 12.5 Å². The number of rotatable bonds is 6. The number of benzene rings is 2. The van der Waals surface area contributed by atoms with Gasteiger partial charge in [-0.25, -0.2) is 14.6 Å². The van der Waals surface area contributed by atoms with Crippen molar-refractivity contribution in [3.8, 4) is 11.1 Å². The number of aromatic nitrogens is 1. The average molecular weight is 476 g/mol. The fraction of sp³-hybridized carbons (Fsp3) is 0.308. The number of carboxylic acid groups (broad SMARTS) is 1. The third-order valence-corrected chi connectivity index (χ3v) is 6.93. The van der Waals surface area contributed by atoms with Crippen LogP contribution in [-0.2, 0) is 16.1 Å². The molecule has 1 atom stereocenters. The Morgan fingerprint density at radius 1 is 1.14 bits per heavy atom. The number of hydrogen-bond donors (Lipinski definition) is 2. The summed E-state index contributed by atoms with van der Waals surface area (Å²) in [5.74, 6) is -1.53. The highest BCUT2D eigenvalue weighted by molar-refractivity contribution is 5.97. The zero-order valence-corrected chi connectivity index (χ0v) is 19.2. The van der Waals surface area contributed by atoms with E-state index in [9.17, 15) is 19.5 Å². The number of nitrogens with one attached hydrogen (secondary N) is 1. The zero-order valence-electron chi connectivity index (χ0n) is 19.2. The summed E-state index contributed by atoms with van der Waals surface area (Å²) in [5.41, 5.74) is 3.18. The number of nitrogens with zero attached hydrogens (tertiary/aromatic N) is 2. The highest BCUT2D eigenvalue weighted by Crippen LogP contribution is 2.44. The van der Waals surface area contributed by atoms with Gasteiger partial charge in [0.25, 0.3) is 5.91 Å². The topological polar surface area (TPSA) is 122 Å². The lowest BCUT2D eigenvalue weighted by Gasteiger charge is -2.30. The Kier molecular flexibility index (Phi) is 5.76. The summed E-state index contributed by atoms with van der Waals surface area (Å²) in [6.07, 6.45) is 1.40. The molecule has 0 spiro atoms. The van der Waals surface area contributed by atoms with E-state index in [1.807, 2.05) is 36.4 Å². The summed E-state index contributed by atoms with van der Waals surface area (Å²) in [5, 5.41) is 12.2. The lowest BCUT2D eigenvalue weighted by atomic mass is 9.98. The predicted molar refractivity (Wildman–Crippen MR) is 125 cm³/mol. The molecule has 1 aromatic heterocycles. The molecule has 1 fully saturated rings. The van der Waals surface area contributed by atoms with Gasteiger partial charge in [0.2, 0.25) is 0 Å². The molecule has 3 aromatic rings. The molecular formula is C26H25N3O6. The standard InChI is InChI=1S/C26H25N3O6/c1-26(24(31)32)11-6-12-29(26)23(30)22-21(35-15-28-22)13-27-25(33)34-14-20-18-9-4-2-7-16(18)17-8-3-5-10-19(17)20/h2-5,7-10,15,20H,6,11-14H2,1H3,(H,27,33)(H,31,32). The third kappa shape index (κ3) is 3.92. The van der Waals surface area contributed by atoms with E-state index >= 15 is 0 Å². The van der Waals surface area contributed by atoms with E-state index in [0.29, 0.717) is 19.4 Å². The van der Waals surface area contributed by atoms with Gasteiger partial charge in [0.15, 0.2) is 17.8 Å². The molecule has 2 aromatic carbocycles. The Balaban J connectivity index is 1.22. The maximum Gasteiger partial charge on any atom is 0.407 e. The van der Waals surface area contributed by atoms with Crippen molar-refractivity contribution < 1.29 is 28.6 Å². The fourth-order valence-electron chi connectivity index (χ4n) is 5.01. The summed E-state index contributed by atoms with van der Waals surface area (Å²) in [7, 11) is 0. The molecule has 0 saturated carbocycles. The van der Waals surface area contributed by atoms with E-state index in [0.717, 1.165) is 28.6 Å². The molecule has 180 valence electrons. The van der Waals surface area contributed by atoms with Crippen molar-refractivity contribution in [2.24, 2.45) is 0 Å². The van der Waals surface area contributed by atoms with Crippen LogP contribution in [0.5, 0.6) is 0 Å². The normalized spacial score (nSPS) is 18.7. The molecule has 2 aliphatic rings. The van der Waals surface area contributed by atoms with Crippen LogP contribution in [0.15, 0.2) is 59.3 Å². The lowest BCUT2D eigenvalue weighted by Crippen LogP contribution is -2.51. The Morgan fingerprint density at radius 2 is 1.80 bits per heavy atom. The van der Waals surface area contributed by atoms with Crippen molar-refractivity contribution in [3.05, 3.63) is 77.5 Å². The van der Waals surface area contributed by atoms with Crippen LogP contribution in [0.1, 0.15) is 53.1 Å². The van der Waals surface area contributed by atoms with E-state index < -0.39 is 23.5 Å². The second-order valence-electron chi connectivity index (χ2n) is 8.94. The smallest absolute Gasteiger partial charge is 0.407 e. The molecule has 0 radical (unpaired) electrons. The molecule has 9 nitrogen and oxygen atoms in total. The van der Waals surface area contributed by atoms with Crippen LogP contribution in [-0.4, -0.2) is 51.7 Å². The Morgan fingerprint density at radius 3 is 2.46 bits per heavy atom. The summed E-state index contributed by atoms with van der Waals surface area (Å²) in [6, 6.07) is 16.1. The number of aliphatic carboxylic acids is 1. The second-order valence-corrected chi connectivity index (χ2v) is 8.94. The molecule has 9 heteroatoms. The number of fused-ring (bicyclic) bond motifs is 3. The van der Waals surface area contributed by atoms with Crippen molar-refractivity contribution in [1.82, 2.24) is 15.2 Å². The minimum Gasteiger partial charge on any atom is -0.480 e. The molecule has 2 heterocycles. The predicted octanol–water partition coefficient (Wildman–Crippen LogP) is 3.79. The Labute approximate surface area is 201 Å². The van der Waals surface area contributed by atoms with E-state index in [1.54, 1.807) is 0 Å². The number of carboxylic acids is 1. The van der Waals surface area contributed by atoms with Crippen molar-refractivity contribution >= 4 is 18.0 Å². The molecule has 1 aliphatic carbocycles. The molecule has 1 unspecified atom stereocenters. The van der Waals surface area contributed by atoms with Gasteiger partial charge in [-0.2, -0.15) is 0 Å². The molecule has 5 rings (SSSR count). The largest absolute Gasteiger partial charge is 0.480 e. The average Bonchev–Trinajstić information content (AvgIpc) is 3.57. The van der Waals surface area contributed by atoms with Crippen molar-refractivity contribution in [3.63, 3.8) is 0 Å². The van der Waals surface area contributed by atoms with Crippen LogP contribution >= 0.6 is 0 Å². The number of alkyl carbamates (subject to hydrolysis) is 1. The minimum atomic E-state index is -1.30. The molecule has 0 bridgehead atoms. The van der Waals surface area contributed by atoms with E-state index in [4.69, 9.17) is 9.15 Å². The van der Waals surface area contributed by atoms with Crippen molar-refractivity contribution in [2.45, 2.75) is 37.8 Å². The summed E-state index contributed by atoms with van der Waals surface area (Å²) in [4.78, 5) is 42.5. The maximum absolute atomic E-state index is 13.0. The number of carbonyl (C=O) groups is 3. The van der Waals surface area contributed by atoms with E-state index in [2.05, 4.69) is 22.4 Å². The monoisotopic (exact) mass is 475 g/mol. The van der Waals surface area contributed by atoms with E-state index in [1.165, 1.54) is 11.8 Å². The number of hydrogen-bond acceptors (Lipinski definition) is 6. The number of oxazole rings is 1. The first-order valence-electron chi connectivity index (χ1n) is 11.5. The van der Waals surface area contributed by atoms with Crippen molar-refractivity contribution in [2.75, 3.05) is 13.2 Å². The van der Waals surface area contributed by atoms with Gasteiger partial charge in [-0.3, -0.25) is 4.79 Å². The third-order valence-electron chi connectivity index (χ3n) is 6.93. The van der Waals surface area contributed by atoms with Crippen LogP contribution in [0.3, 0.4) is 0 Å². The summed E-state index contributed by atoms with van der Waals surface area (Å²) in [6.45, 7) is 1.88. The number of carbonyl (C=O) groups excluding carboxylic acids is 2. The lowest BCUT2D eigenvalue weighted by molar-refractivity contribution is -0.147. The van der Waals surface area contributed by atoms with Gasteiger partial charge >= 0.3 is 12.1 Å². The first kappa shape index (κ1) is 22.6. The van der Waals surface area contributed by atoms with Gasteiger partial charge in [-0.15, -0.1) is 0 Å². The molecule has 1 saturated heterocycles. The minimum absolute atomic E-state index is 0.0154. The van der Waals surface area contributed by atoms with Gasteiger partial charge in [-0.1, -0.05) is 48.5 Å². The van der Waals surface area contributed by atoms with Crippen LogP contribution in [0.2, 0.25) is 0 Å². The number of amides is 2. The van der Waals surface area contributed by atoms with Crippen molar-refractivity contribution in [1.29, 1.82) is 0 Å². The van der Waals surface area contributed by atoms with Crippen LogP contribution in [0.4, 0.5) is 4.79 Å². The quantitative estimate of drug-likeness (QED) is 0.556. The highest BCUT2D eigenvalue weighted by Gasteiger charge is 2.47. The fourth-order valence-corrected chi connectivity index (χ4v) is 5.01. The van der Waals surface area contributed by atoms with Gasteiger partial charge in [0.1, 0.15) is 12.1 Å². The second kappa shape index (κ2) is 8.90. The van der Waals surface area contributed by atoms with Gasteiger partial charge < -0.3 is 24.5 Å². The molecule has 1 aliphatic heterocycles. The Bertz CT molecular complexity index is 1260. The van der Waals surface area contributed by atoms with Gasteiger partial charge in [-0.05, 0) is 42.0 Å². The first-order chi connectivity index (χ1) is 16.9. The molecule has 35 heavy (non-hydrogen) atoms. The summed E-state index contributed by atoms with van der Waals surface area (Å²) >= 11 is 0. The SMILES string of the molecule is CC1(C(=O)O)CCCN1C(=O)c1ncoc1CNC(=O)OCC1c2ccccc2-c2ccccc21. The molecule has 2 amide bonds. The summed E-state index contributed by atoms with van der Waals surface area (Å²) < 4.78 is 10.8. The highest BCUT2D eigenvalue weighted by atomic mass is 16.5. The zero-order chi connectivity index (χ0) is 24.6. The number of likely N-dealkylation sites (tertiary alicyclic amines) is 1. The Hall–Kier alpha value is -4.14. The maximum atomic E-state index is 13.0.